The molecule has 0 bridgehead atoms. The molecular weight excluding hydrogens is 358 g/mol. The molecule has 4 heterocycles. The highest BCUT2D eigenvalue weighted by Gasteiger charge is 2.43. The molecule has 6 heteroatoms. The minimum absolute atomic E-state index is 0.179. The Balaban J connectivity index is 1.72. The summed E-state index contributed by atoms with van der Waals surface area (Å²) < 4.78 is 0. The average Bonchev–Trinajstić information content (AvgIpc) is 3.24. The summed E-state index contributed by atoms with van der Waals surface area (Å²) in [6, 6.07) is 7.54. The predicted molar refractivity (Wildman–Crippen MR) is 106 cm³/mol. The fraction of sp³-hybridized carbons (Fsp3) is 0.381. The molecule has 1 fully saturated rings. The van der Waals surface area contributed by atoms with Crippen molar-refractivity contribution < 1.29 is 9.59 Å². The summed E-state index contributed by atoms with van der Waals surface area (Å²) in [4.78, 5) is 35.0. The van der Waals surface area contributed by atoms with Gasteiger partial charge in [0.1, 0.15) is 5.70 Å². The second-order valence-corrected chi connectivity index (χ2v) is 8.55. The van der Waals surface area contributed by atoms with Gasteiger partial charge in [-0.05, 0) is 47.4 Å². The van der Waals surface area contributed by atoms with E-state index in [2.05, 4.69) is 23.7 Å². The third-order valence-electron chi connectivity index (χ3n) is 5.19. The van der Waals surface area contributed by atoms with Gasteiger partial charge in [-0.15, -0.1) is 11.3 Å². The summed E-state index contributed by atoms with van der Waals surface area (Å²) in [5.74, 6) is 0.632. The van der Waals surface area contributed by atoms with E-state index in [1.54, 1.807) is 12.4 Å². The molecule has 0 aromatic carbocycles. The van der Waals surface area contributed by atoms with Crippen LogP contribution in [0.4, 0.5) is 0 Å². The molecule has 1 saturated heterocycles. The average molecular weight is 382 g/mol. The number of hydrogen-bond acceptors (Lipinski definition) is 5. The standard InChI is InChI=1S/C21H23N3O2S/c1-14-10-15(2)12-23(11-14)19-18(17-4-3-9-27-17)20(25)24(21(19)26)13-16-5-7-22-8-6-16/h3-9,14-15H,10-13H2,1-2H3. The SMILES string of the molecule is CC1CC(C)CN(C2=C(c3cccs3)C(=O)N(Cc3ccncc3)C2=O)C1. The second kappa shape index (κ2) is 7.27. The van der Waals surface area contributed by atoms with Crippen LogP contribution in [-0.4, -0.2) is 39.7 Å². The number of rotatable bonds is 4. The van der Waals surface area contributed by atoms with Crippen molar-refractivity contribution in [3.63, 3.8) is 0 Å². The van der Waals surface area contributed by atoms with Crippen LogP contribution >= 0.6 is 11.3 Å². The van der Waals surface area contributed by atoms with Crippen LogP contribution in [0.3, 0.4) is 0 Å². The van der Waals surface area contributed by atoms with E-state index in [0.29, 0.717) is 23.1 Å². The first-order valence-corrected chi connectivity index (χ1v) is 10.2. The number of likely N-dealkylation sites (tertiary alicyclic amines) is 1. The molecule has 2 aliphatic rings. The molecule has 0 saturated carbocycles. The van der Waals surface area contributed by atoms with Crippen molar-refractivity contribution in [1.82, 2.24) is 14.8 Å². The molecule has 27 heavy (non-hydrogen) atoms. The zero-order chi connectivity index (χ0) is 19.0. The van der Waals surface area contributed by atoms with Gasteiger partial charge in [0.2, 0.25) is 0 Å². The topological polar surface area (TPSA) is 53.5 Å². The van der Waals surface area contributed by atoms with Crippen LogP contribution in [0.5, 0.6) is 0 Å². The van der Waals surface area contributed by atoms with Crippen molar-refractivity contribution in [2.24, 2.45) is 11.8 Å². The van der Waals surface area contributed by atoms with E-state index in [4.69, 9.17) is 0 Å². The van der Waals surface area contributed by atoms with Gasteiger partial charge >= 0.3 is 0 Å². The van der Waals surface area contributed by atoms with Crippen LogP contribution in [0.25, 0.3) is 5.57 Å². The van der Waals surface area contributed by atoms with Crippen molar-refractivity contribution in [1.29, 1.82) is 0 Å². The van der Waals surface area contributed by atoms with Gasteiger partial charge in [-0.2, -0.15) is 0 Å². The third-order valence-corrected chi connectivity index (χ3v) is 6.07. The smallest absolute Gasteiger partial charge is 0.278 e. The lowest BCUT2D eigenvalue weighted by Crippen LogP contribution is -2.41. The van der Waals surface area contributed by atoms with Crippen molar-refractivity contribution in [2.75, 3.05) is 13.1 Å². The van der Waals surface area contributed by atoms with E-state index >= 15 is 0 Å². The van der Waals surface area contributed by atoms with E-state index in [-0.39, 0.29) is 18.4 Å². The van der Waals surface area contributed by atoms with Gasteiger partial charge in [0.15, 0.2) is 0 Å². The van der Waals surface area contributed by atoms with E-state index < -0.39 is 0 Å². The van der Waals surface area contributed by atoms with Gasteiger partial charge < -0.3 is 4.90 Å². The maximum atomic E-state index is 13.3. The maximum absolute atomic E-state index is 13.3. The lowest BCUT2D eigenvalue weighted by Gasteiger charge is -2.37. The Kier molecular flexibility index (Phi) is 4.83. The zero-order valence-corrected chi connectivity index (χ0v) is 16.4. The maximum Gasteiger partial charge on any atom is 0.278 e. The highest BCUT2D eigenvalue weighted by atomic mass is 32.1. The number of amides is 2. The van der Waals surface area contributed by atoms with Gasteiger partial charge in [0.25, 0.3) is 11.8 Å². The lowest BCUT2D eigenvalue weighted by molar-refractivity contribution is -0.138. The van der Waals surface area contributed by atoms with Gasteiger partial charge in [-0.3, -0.25) is 19.5 Å². The number of hydrogen-bond donors (Lipinski definition) is 0. The van der Waals surface area contributed by atoms with E-state index in [0.717, 1.165) is 30.0 Å². The predicted octanol–water partition coefficient (Wildman–Crippen LogP) is 3.40. The van der Waals surface area contributed by atoms with Crippen LogP contribution in [0.1, 0.15) is 30.7 Å². The molecule has 0 N–H and O–H groups in total. The first kappa shape index (κ1) is 17.9. The van der Waals surface area contributed by atoms with Crippen molar-refractivity contribution in [3.8, 4) is 0 Å². The van der Waals surface area contributed by atoms with Crippen LogP contribution in [-0.2, 0) is 16.1 Å². The van der Waals surface area contributed by atoms with Crippen molar-refractivity contribution >= 4 is 28.7 Å². The normalized spacial score (nSPS) is 23.5. The molecule has 2 atom stereocenters. The molecule has 2 unspecified atom stereocenters. The number of pyridine rings is 1. The number of carbonyl (C=O) groups excluding carboxylic acids is 2. The Labute approximate surface area is 163 Å². The van der Waals surface area contributed by atoms with Crippen LogP contribution in [0, 0.1) is 11.8 Å². The van der Waals surface area contributed by atoms with Gasteiger partial charge in [-0.25, -0.2) is 0 Å². The highest BCUT2D eigenvalue weighted by molar-refractivity contribution is 7.11. The van der Waals surface area contributed by atoms with Crippen molar-refractivity contribution in [3.05, 3.63) is 58.2 Å². The first-order chi connectivity index (χ1) is 13.0. The number of aromatic nitrogens is 1. The Bertz CT molecular complexity index is 866. The second-order valence-electron chi connectivity index (χ2n) is 7.60. The molecular formula is C21H23N3O2S. The van der Waals surface area contributed by atoms with Crippen molar-refractivity contribution in [2.45, 2.75) is 26.8 Å². The summed E-state index contributed by atoms with van der Waals surface area (Å²) in [6.45, 7) is 6.33. The number of imide groups is 1. The quantitative estimate of drug-likeness (QED) is 0.762. The van der Waals surface area contributed by atoms with Gasteiger partial charge in [0, 0.05) is 30.4 Å². The summed E-state index contributed by atoms with van der Waals surface area (Å²) in [6.07, 6.45) is 4.52. The van der Waals surface area contributed by atoms with E-state index in [1.807, 2.05) is 29.6 Å². The third kappa shape index (κ3) is 3.41. The number of piperidine rings is 1. The summed E-state index contributed by atoms with van der Waals surface area (Å²) in [5.41, 5.74) is 2.04. The van der Waals surface area contributed by atoms with E-state index in [1.165, 1.54) is 16.2 Å². The fourth-order valence-electron chi connectivity index (χ4n) is 4.16. The fourth-order valence-corrected chi connectivity index (χ4v) is 4.92. The summed E-state index contributed by atoms with van der Waals surface area (Å²) in [5, 5.41) is 1.95. The molecule has 2 aromatic heterocycles. The van der Waals surface area contributed by atoms with Crippen LogP contribution < -0.4 is 0 Å². The molecule has 140 valence electrons. The Morgan fingerprint density at radius 3 is 2.41 bits per heavy atom. The molecule has 2 aliphatic heterocycles. The Morgan fingerprint density at radius 2 is 1.78 bits per heavy atom. The number of carbonyl (C=O) groups is 2. The Morgan fingerprint density at radius 1 is 1.07 bits per heavy atom. The molecule has 2 aromatic rings. The molecule has 2 amide bonds. The highest BCUT2D eigenvalue weighted by Crippen LogP contribution is 2.37. The van der Waals surface area contributed by atoms with E-state index in [9.17, 15) is 9.59 Å². The largest absolute Gasteiger partial charge is 0.366 e. The molecule has 0 aliphatic carbocycles. The molecule has 0 spiro atoms. The monoisotopic (exact) mass is 381 g/mol. The van der Waals surface area contributed by atoms with Crippen LogP contribution in [0.15, 0.2) is 47.7 Å². The minimum Gasteiger partial charge on any atom is -0.366 e. The van der Waals surface area contributed by atoms with Crippen LogP contribution in [0.2, 0.25) is 0 Å². The zero-order valence-electron chi connectivity index (χ0n) is 15.6. The molecule has 0 radical (unpaired) electrons. The minimum atomic E-state index is -0.194. The molecule has 4 rings (SSSR count). The molecule has 5 nitrogen and oxygen atoms in total. The summed E-state index contributed by atoms with van der Waals surface area (Å²) >= 11 is 1.51. The first-order valence-electron chi connectivity index (χ1n) is 9.32. The Hall–Kier alpha value is -2.47. The lowest BCUT2D eigenvalue weighted by atomic mass is 9.91. The summed E-state index contributed by atoms with van der Waals surface area (Å²) in [7, 11) is 0. The number of nitrogens with zero attached hydrogens (tertiary/aromatic N) is 3. The van der Waals surface area contributed by atoms with Gasteiger partial charge in [0.05, 0.1) is 12.1 Å². The van der Waals surface area contributed by atoms with Gasteiger partial charge in [-0.1, -0.05) is 19.9 Å². The number of thiophene rings is 1.